The summed E-state index contributed by atoms with van der Waals surface area (Å²) in [6.45, 7) is 4.23. The van der Waals surface area contributed by atoms with Gasteiger partial charge in [-0.1, -0.05) is 59.6 Å². The zero-order chi connectivity index (χ0) is 20.4. The average molecular weight is 464 g/mol. The van der Waals surface area contributed by atoms with E-state index in [0.717, 1.165) is 17.7 Å². The Balaban J connectivity index is 0.00000256. The third kappa shape index (κ3) is 4.81. The van der Waals surface area contributed by atoms with Gasteiger partial charge in [-0.05, 0) is 53.9 Å². The third-order valence-electron chi connectivity index (χ3n) is 5.25. The highest BCUT2D eigenvalue weighted by Gasteiger charge is 2.14. The molecule has 6 heteroatoms. The van der Waals surface area contributed by atoms with Crippen LogP contribution in [0.25, 0.3) is 10.9 Å². The van der Waals surface area contributed by atoms with Gasteiger partial charge >= 0.3 is 0 Å². The van der Waals surface area contributed by atoms with Crippen LogP contribution in [-0.4, -0.2) is 4.57 Å². The molecular formula is C24H22Cl3FN2. The fraction of sp³-hybridized carbons (Fsp3) is 0.167. The van der Waals surface area contributed by atoms with Gasteiger partial charge in [-0.15, -0.1) is 12.4 Å². The first-order valence-corrected chi connectivity index (χ1v) is 10.2. The van der Waals surface area contributed by atoms with Gasteiger partial charge in [0.25, 0.3) is 0 Å². The summed E-state index contributed by atoms with van der Waals surface area (Å²) in [5.41, 5.74) is 5.72. The molecule has 0 amide bonds. The first-order chi connectivity index (χ1) is 14.0. The summed E-state index contributed by atoms with van der Waals surface area (Å²) in [7, 11) is 0. The molecule has 4 aromatic rings. The van der Waals surface area contributed by atoms with Gasteiger partial charge in [0, 0.05) is 46.3 Å². The average Bonchev–Trinajstić information content (AvgIpc) is 2.97. The largest absolute Gasteiger partial charge is 0.340 e. The third-order valence-corrected chi connectivity index (χ3v) is 5.84. The number of hydrogen-bond donors (Lipinski definition) is 1. The number of benzene rings is 3. The van der Waals surface area contributed by atoms with Crippen molar-refractivity contribution < 1.29 is 4.39 Å². The van der Waals surface area contributed by atoms with Gasteiger partial charge < -0.3 is 9.88 Å². The SMILES string of the molecule is Cc1c(CNCc2ccc(F)cc2)c2ccccc2n1Cc1ccc(Cl)cc1Cl.Cl. The van der Waals surface area contributed by atoms with Crippen LogP contribution >= 0.6 is 35.6 Å². The van der Waals surface area contributed by atoms with Gasteiger partial charge in [0.05, 0.1) is 0 Å². The first kappa shape index (κ1) is 22.6. The quantitative estimate of drug-likeness (QED) is 0.321. The predicted octanol–water partition coefficient (Wildman–Crippen LogP) is 7.16. The van der Waals surface area contributed by atoms with E-state index in [1.807, 2.05) is 12.1 Å². The lowest BCUT2D eigenvalue weighted by Crippen LogP contribution is -2.13. The van der Waals surface area contributed by atoms with E-state index in [0.29, 0.717) is 23.1 Å². The van der Waals surface area contributed by atoms with Crippen LogP contribution in [-0.2, 0) is 19.6 Å². The second-order valence-electron chi connectivity index (χ2n) is 7.13. The lowest BCUT2D eigenvalue weighted by Gasteiger charge is -2.11. The van der Waals surface area contributed by atoms with E-state index < -0.39 is 0 Å². The Morgan fingerprint density at radius 2 is 1.67 bits per heavy atom. The minimum absolute atomic E-state index is 0. The standard InChI is InChI=1S/C24H21Cl2FN2.ClH/c1-16-22(14-28-13-17-6-10-20(27)11-7-17)21-4-2-3-5-24(21)29(16)15-18-8-9-19(25)12-23(18)26;/h2-12,28H,13-15H2,1H3;1H. The summed E-state index contributed by atoms with van der Waals surface area (Å²) in [5.74, 6) is -0.214. The van der Waals surface area contributed by atoms with Crippen molar-refractivity contribution in [2.45, 2.75) is 26.6 Å². The molecule has 1 aromatic heterocycles. The minimum atomic E-state index is -0.214. The number of fused-ring (bicyclic) bond motifs is 1. The van der Waals surface area contributed by atoms with Crippen molar-refractivity contribution in [1.29, 1.82) is 0 Å². The van der Waals surface area contributed by atoms with Crippen LogP contribution in [0.5, 0.6) is 0 Å². The first-order valence-electron chi connectivity index (χ1n) is 9.48. The summed E-state index contributed by atoms with van der Waals surface area (Å²) in [5, 5.41) is 6.02. The maximum atomic E-state index is 13.1. The maximum absolute atomic E-state index is 13.1. The molecule has 0 atom stereocenters. The van der Waals surface area contributed by atoms with Gasteiger partial charge in [0.15, 0.2) is 0 Å². The highest BCUT2D eigenvalue weighted by atomic mass is 35.5. The van der Waals surface area contributed by atoms with E-state index >= 15 is 0 Å². The van der Waals surface area contributed by atoms with Gasteiger partial charge in [-0.3, -0.25) is 0 Å². The molecule has 3 aromatic carbocycles. The Bertz CT molecular complexity index is 1150. The van der Waals surface area contributed by atoms with Crippen molar-refractivity contribution in [2.24, 2.45) is 0 Å². The summed E-state index contributed by atoms with van der Waals surface area (Å²) in [6.07, 6.45) is 0. The van der Waals surface area contributed by atoms with Crippen molar-refractivity contribution in [3.8, 4) is 0 Å². The van der Waals surface area contributed by atoms with Crippen LogP contribution < -0.4 is 5.32 Å². The van der Waals surface area contributed by atoms with E-state index in [1.165, 1.54) is 34.3 Å². The summed E-state index contributed by atoms with van der Waals surface area (Å²) in [4.78, 5) is 0. The zero-order valence-electron chi connectivity index (χ0n) is 16.5. The Morgan fingerprint density at radius 3 is 2.40 bits per heavy atom. The van der Waals surface area contributed by atoms with Gasteiger partial charge in [0.1, 0.15) is 5.82 Å². The molecule has 4 rings (SSSR count). The van der Waals surface area contributed by atoms with E-state index in [9.17, 15) is 4.39 Å². The summed E-state index contributed by atoms with van der Waals surface area (Å²) >= 11 is 12.5. The van der Waals surface area contributed by atoms with Crippen LogP contribution in [0.2, 0.25) is 10.0 Å². The van der Waals surface area contributed by atoms with Crippen LogP contribution in [0.1, 0.15) is 22.4 Å². The molecule has 1 heterocycles. The Hall–Kier alpha value is -2.04. The molecule has 0 aliphatic carbocycles. The molecule has 2 nitrogen and oxygen atoms in total. The number of halogens is 4. The number of nitrogens with zero attached hydrogens (tertiary/aromatic N) is 1. The molecule has 0 saturated heterocycles. The van der Waals surface area contributed by atoms with Crippen LogP contribution in [0.15, 0.2) is 66.7 Å². The molecule has 0 bridgehead atoms. The van der Waals surface area contributed by atoms with Gasteiger partial charge in [-0.2, -0.15) is 0 Å². The second-order valence-corrected chi connectivity index (χ2v) is 7.98. The topological polar surface area (TPSA) is 17.0 Å². The molecule has 0 fully saturated rings. The van der Waals surface area contributed by atoms with Crippen LogP contribution in [0.3, 0.4) is 0 Å². The number of aromatic nitrogens is 1. The molecule has 0 saturated carbocycles. The number of para-hydroxylation sites is 1. The second kappa shape index (κ2) is 9.84. The minimum Gasteiger partial charge on any atom is -0.340 e. The van der Waals surface area contributed by atoms with Crippen molar-refractivity contribution in [2.75, 3.05) is 0 Å². The molecular weight excluding hydrogens is 442 g/mol. The molecule has 156 valence electrons. The fourth-order valence-corrected chi connectivity index (χ4v) is 4.15. The summed E-state index contributed by atoms with van der Waals surface area (Å²) in [6, 6.07) is 20.6. The van der Waals surface area contributed by atoms with E-state index in [1.54, 1.807) is 18.2 Å². The van der Waals surface area contributed by atoms with E-state index in [4.69, 9.17) is 23.2 Å². The Labute approximate surface area is 192 Å². The molecule has 0 unspecified atom stereocenters. The van der Waals surface area contributed by atoms with Crippen LogP contribution in [0, 0.1) is 12.7 Å². The van der Waals surface area contributed by atoms with Crippen LogP contribution in [0.4, 0.5) is 4.39 Å². The highest BCUT2D eigenvalue weighted by Crippen LogP contribution is 2.29. The zero-order valence-corrected chi connectivity index (χ0v) is 18.8. The normalized spacial score (nSPS) is 10.9. The number of rotatable bonds is 6. The highest BCUT2D eigenvalue weighted by molar-refractivity contribution is 6.35. The van der Waals surface area contributed by atoms with Crippen molar-refractivity contribution in [3.63, 3.8) is 0 Å². The fourth-order valence-electron chi connectivity index (χ4n) is 3.68. The lowest BCUT2D eigenvalue weighted by atomic mass is 10.1. The van der Waals surface area contributed by atoms with E-state index in [2.05, 4.69) is 41.1 Å². The van der Waals surface area contributed by atoms with Gasteiger partial charge in [-0.25, -0.2) is 4.39 Å². The van der Waals surface area contributed by atoms with E-state index in [-0.39, 0.29) is 18.2 Å². The Kier molecular flexibility index (Phi) is 7.43. The molecule has 0 aliphatic heterocycles. The lowest BCUT2D eigenvalue weighted by molar-refractivity contribution is 0.624. The van der Waals surface area contributed by atoms with Crippen molar-refractivity contribution >= 4 is 46.5 Å². The molecule has 0 spiro atoms. The molecule has 1 N–H and O–H groups in total. The van der Waals surface area contributed by atoms with Gasteiger partial charge in [0.2, 0.25) is 0 Å². The number of hydrogen-bond acceptors (Lipinski definition) is 1. The molecule has 0 aliphatic rings. The Morgan fingerprint density at radius 1 is 0.933 bits per heavy atom. The summed E-state index contributed by atoms with van der Waals surface area (Å²) < 4.78 is 15.4. The number of nitrogens with one attached hydrogen (secondary N) is 1. The van der Waals surface area contributed by atoms with Crippen molar-refractivity contribution in [3.05, 3.63) is 105 Å². The predicted molar refractivity (Wildman–Crippen MR) is 126 cm³/mol. The smallest absolute Gasteiger partial charge is 0.123 e. The molecule has 0 radical (unpaired) electrons. The monoisotopic (exact) mass is 462 g/mol. The molecule has 30 heavy (non-hydrogen) atoms. The van der Waals surface area contributed by atoms with Crippen molar-refractivity contribution in [1.82, 2.24) is 9.88 Å². The maximum Gasteiger partial charge on any atom is 0.123 e.